The zero-order valence-corrected chi connectivity index (χ0v) is 11.8. The summed E-state index contributed by atoms with van der Waals surface area (Å²) in [6.07, 6.45) is 1.73. The molecule has 1 heterocycles. The van der Waals surface area contributed by atoms with E-state index < -0.39 is 0 Å². The molecule has 0 aliphatic rings. The minimum absolute atomic E-state index is 0.166. The predicted octanol–water partition coefficient (Wildman–Crippen LogP) is 2.13. The maximum atomic E-state index is 5.76. The van der Waals surface area contributed by atoms with Gasteiger partial charge < -0.3 is 0 Å². The van der Waals surface area contributed by atoms with Crippen molar-refractivity contribution in [3.63, 3.8) is 0 Å². The molecule has 5 heteroatoms. The molecule has 0 amide bonds. The topological polar surface area (TPSA) is 68.8 Å². The molecule has 0 spiro atoms. The highest BCUT2D eigenvalue weighted by atomic mass is 15.4. The van der Waals surface area contributed by atoms with E-state index in [2.05, 4.69) is 46.9 Å². The quantitative estimate of drug-likeness (QED) is 0.567. The van der Waals surface area contributed by atoms with Gasteiger partial charge in [-0.2, -0.15) is 0 Å². The second kappa shape index (κ2) is 5.87. The highest BCUT2D eigenvalue weighted by Crippen LogP contribution is 2.23. The van der Waals surface area contributed by atoms with Gasteiger partial charge in [0.05, 0.1) is 23.6 Å². The van der Waals surface area contributed by atoms with Gasteiger partial charge in [-0.3, -0.25) is 5.84 Å². The van der Waals surface area contributed by atoms with Gasteiger partial charge in [0.2, 0.25) is 0 Å². The molecule has 106 valence electrons. The van der Waals surface area contributed by atoms with Crippen molar-refractivity contribution in [1.82, 2.24) is 20.4 Å². The van der Waals surface area contributed by atoms with Crippen molar-refractivity contribution in [3.8, 4) is 5.69 Å². The lowest BCUT2D eigenvalue weighted by molar-refractivity contribution is 0.595. The van der Waals surface area contributed by atoms with Gasteiger partial charge >= 0.3 is 0 Å². The lowest BCUT2D eigenvalue weighted by Crippen LogP contribution is -2.30. The molecule has 0 aliphatic heterocycles. The molecule has 0 saturated carbocycles. The lowest BCUT2D eigenvalue weighted by atomic mass is 10.0. The van der Waals surface area contributed by atoms with Crippen LogP contribution in [0.2, 0.25) is 0 Å². The van der Waals surface area contributed by atoms with E-state index in [0.717, 1.165) is 16.9 Å². The fourth-order valence-electron chi connectivity index (χ4n) is 2.32. The number of hydrogen-bond acceptors (Lipinski definition) is 4. The number of aryl methyl sites for hydroxylation is 1. The van der Waals surface area contributed by atoms with Crippen molar-refractivity contribution in [2.45, 2.75) is 13.0 Å². The van der Waals surface area contributed by atoms with Crippen LogP contribution < -0.4 is 11.3 Å². The largest absolute Gasteiger partial charge is 0.271 e. The number of hydrogen-bond donors (Lipinski definition) is 2. The van der Waals surface area contributed by atoms with Crippen LogP contribution in [-0.2, 0) is 0 Å². The highest BCUT2D eigenvalue weighted by Gasteiger charge is 2.18. The molecular formula is C16H17N5. The lowest BCUT2D eigenvalue weighted by Gasteiger charge is -2.17. The number of aromatic nitrogens is 3. The van der Waals surface area contributed by atoms with Crippen LogP contribution in [0.1, 0.15) is 22.9 Å². The molecule has 3 N–H and O–H groups in total. The first-order chi connectivity index (χ1) is 10.3. The molecule has 3 aromatic rings. The first-order valence-corrected chi connectivity index (χ1v) is 6.78. The average Bonchev–Trinajstić information content (AvgIpc) is 3.00. The van der Waals surface area contributed by atoms with Crippen LogP contribution >= 0.6 is 0 Å². The van der Waals surface area contributed by atoms with Crippen LogP contribution in [0.3, 0.4) is 0 Å². The Balaban J connectivity index is 2.03. The zero-order chi connectivity index (χ0) is 14.7. The van der Waals surface area contributed by atoms with E-state index in [1.165, 1.54) is 5.56 Å². The fourth-order valence-corrected chi connectivity index (χ4v) is 2.32. The monoisotopic (exact) mass is 279 g/mol. The minimum atomic E-state index is -0.166. The van der Waals surface area contributed by atoms with E-state index in [4.69, 9.17) is 5.84 Å². The van der Waals surface area contributed by atoms with Gasteiger partial charge in [-0.05, 0) is 24.6 Å². The molecule has 0 radical (unpaired) electrons. The van der Waals surface area contributed by atoms with Crippen LogP contribution in [0.25, 0.3) is 5.69 Å². The molecule has 1 unspecified atom stereocenters. The molecular weight excluding hydrogens is 262 g/mol. The second-order valence-electron chi connectivity index (χ2n) is 4.92. The Labute approximate surface area is 123 Å². The number of rotatable bonds is 4. The third kappa shape index (κ3) is 2.69. The van der Waals surface area contributed by atoms with E-state index in [9.17, 15) is 0 Å². The average molecular weight is 279 g/mol. The number of nitrogens with zero attached hydrogens (tertiary/aromatic N) is 3. The smallest absolute Gasteiger partial charge is 0.0899 e. The normalized spacial score (nSPS) is 12.3. The molecule has 1 atom stereocenters. The highest BCUT2D eigenvalue weighted by molar-refractivity contribution is 5.36. The summed E-state index contributed by atoms with van der Waals surface area (Å²) < 4.78 is 1.80. The summed E-state index contributed by atoms with van der Waals surface area (Å²) in [6, 6.07) is 18.0. The Morgan fingerprint density at radius 2 is 1.76 bits per heavy atom. The first kappa shape index (κ1) is 13.5. The summed E-state index contributed by atoms with van der Waals surface area (Å²) >= 11 is 0. The van der Waals surface area contributed by atoms with Crippen LogP contribution in [0.15, 0.2) is 60.8 Å². The van der Waals surface area contributed by atoms with Crippen molar-refractivity contribution in [2.75, 3.05) is 0 Å². The summed E-state index contributed by atoms with van der Waals surface area (Å²) in [7, 11) is 0. The van der Waals surface area contributed by atoms with E-state index in [-0.39, 0.29) is 6.04 Å². The van der Waals surface area contributed by atoms with Crippen molar-refractivity contribution >= 4 is 0 Å². The number of hydrazine groups is 1. The van der Waals surface area contributed by atoms with Gasteiger partial charge in [-0.1, -0.05) is 53.2 Å². The van der Waals surface area contributed by atoms with Gasteiger partial charge in [-0.25, -0.2) is 10.1 Å². The fraction of sp³-hybridized carbons (Fsp3) is 0.125. The molecule has 0 bridgehead atoms. The van der Waals surface area contributed by atoms with Crippen LogP contribution in [-0.4, -0.2) is 15.0 Å². The molecule has 0 aliphatic carbocycles. The molecule has 1 aromatic heterocycles. The first-order valence-electron chi connectivity index (χ1n) is 6.78. The van der Waals surface area contributed by atoms with Crippen molar-refractivity contribution in [3.05, 3.63) is 77.6 Å². The summed E-state index contributed by atoms with van der Waals surface area (Å²) in [6.45, 7) is 2.06. The summed E-state index contributed by atoms with van der Waals surface area (Å²) in [5.41, 5.74) is 6.99. The van der Waals surface area contributed by atoms with E-state index >= 15 is 0 Å². The van der Waals surface area contributed by atoms with Crippen LogP contribution in [0.5, 0.6) is 0 Å². The van der Waals surface area contributed by atoms with Crippen molar-refractivity contribution in [2.24, 2.45) is 5.84 Å². The Kier molecular flexibility index (Phi) is 3.77. The second-order valence-corrected chi connectivity index (χ2v) is 4.92. The third-order valence-electron chi connectivity index (χ3n) is 3.45. The number of nitrogens with two attached hydrogens (primary N) is 1. The van der Waals surface area contributed by atoms with E-state index in [1.807, 2.05) is 30.3 Å². The Bertz CT molecular complexity index is 703. The van der Waals surface area contributed by atoms with E-state index in [0.29, 0.717) is 0 Å². The van der Waals surface area contributed by atoms with Gasteiger partial charge in [0, 0.05) is 0 Å². The molecule has 5 nitrogen and oxygen atoms in total. The van der Waals surface area contributed by atoms with Gasteiger partial charge in [0.15, 0.2) is 0 Å². The maximum Gasteiger partial charge on any atom is 0.0899 e. The SMILES string of the molecule is Cc1ccc(C(NN)c2cnnn2-c2ccccc2)cc1. The Morgan fingerprint density at radius 3 is 2.43 bits per heavy atom. The third-order valence-corrected chi connectivity index (χ3v) is 3.45. The summed E-state index contributed by atoms with van der Waals surface area (Å²) in [5, 5.41) is 8.20. The molecule has 0 saturated heterocycles. The number of para-hydroxylation sites is 1. The van der Waals surface area contributed by atoms with Crippen LogP contribution in [0, 0.1) is 6.92 Å². The molecule has 3 rings (SSSR count). The number of nitrogens with one attached hydrogen (secondary N) is 1. The Hall–Kier alpha value is -2.50. The Morgan fingerprint density at radius 1 is 1.05 bits per heavy atom. The minimum Gasteiger partial charge on any atom is -0.271 e. The summed E-state index contributed by atoms with van der Waals surface area (Å²) in [4.78, 5) is 0. The van der Waals surface area contributed by atoms with Gasteiger partial charge in [0.1, 0.15) is 0 Å². The standard InChI is InChI=1S/C16H17N5/c1-12-7-9-13(10-8-12)16(19-17)15-11-18-20-21(15)14-5-3-2-4-6-14/h2-11,16,19H,17H2,1H3. The molecule has 21 heavy (non-hydrogen) atoms. The maximum absolute atomic E-state index is 5.76. The van der Waals surface area contributed by atoms with Crippen molar-refractivity contribution < 1.29 is 0 Å². The zero-order valence-electron chi connectivity index (χ0n) is 11.8. The number of benzene rings is 2. The van der Waals surface area contributed by atoms with Crippen LogP contribution in [0.4, 0.5) is 0 Å². The summed E-state index contributed by atoms with van der Waals surface area (Å²) in [5.74, 6) is 5.76. The predicted molar refractivity (Wildman–Crippen MR) is 81.7 cm³/mol. The van der Waals surface area contributed by atoms with Gasteiger partial charge in [0.25, 0.3) is 0 Å². The molecule has 2 aromatic carbocycles. The van der Waals surface area contributed by atoms with Crippen molar-refractivity contribution in [1.29, 1.82) is 0 Å². The van der Waals surface area contributed by atoms with E-state index in [1.54, 1.807) is 10.9 Å². The molecule has 0 fully saturated rings. The van der Waals surface area contributed by atoms with Gasteiger partial charge in [-0.15, -0.1) is 5.10 Å².